The fourth-order valence-electron chi connectivity index (χ4n) is 1.45. The van der Waals surface area contributed by atoms with Crippen molar-refractivity contribution in [2.75, 3.05) is 7.11 Å². The Bertz CT molecular complexity index is 541. The van der Waals surface area contributed by atoms with Gasteiger partial charge in [0.25, 0.3) is 0 Å². The van der Waals surface area contributed by atoms with E-state index in [2.05, 4.69) is 15.5 Å². The third-order valence-electron chi connectivity index (χ3n) is 2.34. The van der Waals surface area contributed by atoms with Crippen LogP contribution in [-0.4, -0.2) is 27.3 Å². The summed E-state index contributed by atoms with van der Waals surface area (Å²) in [5, 5.41) is 11.9. The van der Waals surface area contributed by atoms with Crippen LogP contribution in [0, 0.1) is 6.92 Å². The summed E-state index contributed by atoms with van der Waals surface area (Å²) in [6.07, 6.45) is 0. The summed E-state index contributed by atoms with van der Waals surface area (Å²) in [6, 6.07) is 3.58. The molecule has 0 radical (unpaired) electrons. The number of methoxy groups -OCH3 is 1. The van der Waals surface area contributed by atoms with E-state index < -0.39 is 0 Å². The molecule has 0 N–H and O–H groups in total. The molecule has 0 amide bonds. The molecule has 0 aliphatic carbocycles. The Hall–Kier alpha value is -1.33. The highest BCUT2D eigenvalue weighted by Crippen LogP contribution is 2.29. The van der Waals surface area contributed by atoms with Crippen LogP contribution in [0.5, 0.6) is 5.75 Å². The van der Waals surface area contributed by atoms with E-state index in [0.717, 1.165) is 11.3 Å². The fourth-order valence-corrected chi connectivity index (χ4v) is 1.77. The molecule has 0 saturated carbocycles. The Morgan fingerprint density at radius 3 is 2.82 bits per heavy atom. The maximum Gasteiger partial charge on any atom is 0.171 e. The van der Waals surface area contributed by atoms with Gasteiger partial charge in [0.2, 0.25) is 0 Å². The predicted octanol–water partition coefficient (Wildman–Crippen LogP) is 2.37. The van der Waals surface area contributed by atoms with Crippen molar-refractivity contribution in [1.29, 1.82) is 0 Å². The number of hydrogen-bond donors (Lipinski definition) is 0. The summed E-state index contributed by atoms with van der Waals surface area (Å²) in [5.74, 6) is 1.36. The minimum atomic E-state index is 0.220. The minimum Gasteiger partial charge on any atom is -0.494 e. The lowest BCUT2D eigenvalue weighted by molar-refractivity contribution is 0.411. The van der Waals surface area contributed by atoms with E-state index in [1.54, 1.807) is 13.2 Å². The molecule has 7 heteroatoms. The zero-order valence-electron chi connectivity index (χ0n) is 9.31. The van der Waals surface area contributed by atoms with Crippen LogP contribution < -0.4 is 4.74 Å². The molecule has 0 saturated heterocycles. The molecule has 1 aromatic heterocycles. The Kier molecular flexibility index (Phi) is 3.49. The predicted molar refractivity (Wildman–Crippen MR) is 65.0 cm³/mol. The minimum absolute atomic E-state index is 0.220. The van der Waals surface area contributed by atoms with Crippen LogP contribution in [0.2, 0.25) is 5.02 Å². The number of ether oxygens (including phenoxy) is 1. The number of aromatic nitrogens is 4. The van der Waals surface area contributed by atoms with Gasteiger partial charge in [0.1, 0.15) is 11.4 Å². The maximum atomic E-state index is 6.03. The summed E-state index contributed by atoms with van der Waals surface area (Å²) in [4.78, 5) is 0. The van der Waals surface area contributed by atoms with Crippen molar-refractivity contribution in [3.05, 3.63) is 28.5 Å². The number of hydrogen-bond acceptors (Lipinski definition) is 4. The maximum absolute atomic E-state index is 6.03. The van der Waals surface area contributed by atoms with Crippen LogP contribution in [-0.2, 0) is 5.88 Å². The van der Waals surface area contributed by atoms with Crippen molar-refractivity contribution in [3.63, 3.8) is 0 Å². The molecule has 0 fully saturated rings. The highest BCUT2D eigenvalue weighted by Gasteiger charge is 2.14. The van der Waals surface area contributed by atoms with E-state index in [1.165, 1.54) is 4.68 Å². The van der Waals surface area contributed by atoms with Crippen LogP contribution in [0.1, 0.15) is 11.4 Å². The van der Waals surface area contributed by atoms with E-state index >= 15 is 0 Å². The van der Waals surface area contributed by atoms with Gasteiger partial charge in [0.05, 0.1) is 13.0 Å². The van der Waals surface area contributed by atoms with Crippen molar-refractivity contribution in [3.8, 4) is 11.4 Å². The molecule has 1 aromatic carbocycles. The zero-order valence-corrected chi connectivity index (χ0v) is 10.8. The first-order valence-electron chi connectivity index (χ1n) is 4.85. The topological polar surface area (TPSA) is 52.8 Å². The lowest BCUT2D eigenvalue weighted by atomic mass is 10.2. The third kappa shape index (κ3) is 2.21. The highest BCUT2D eigenvalue weighted by atomic mass is 35.5. The molecule has 0 bridgehead atoms. The molecule has 0 atom stereocenters. The quantitative estimate of drug-likeness (QED) is 0.805. The number of nitrogens with zero attached hydrogens (tertiary/aromatic N) is 4. The molecule has 0 unspecified atom stereocenters. The number of aryl methyl sites for hydroxylation is 1. The molecular formula is C10H10Cl2N4O. The van der Waals surface area contributed by atoms with E-state index in [1.807, 2.05) is 13.0 Å². The normalized spacial score (nSPS) is 10.6. The van der Waals surface area contributed by atoms with Crippen LogP contribution in [0.15, 0.2) is 12.1 Å². The lowest BCUT2D eigenvalue weighted by Gasteiger charge is -2.11. The van der Waals surface area contributed by atoms with Crippen molar-refractivity contribution in [2.24, 2.45) is 0 Å². The average Bonchev–Trinajstić information content (AvgIpc) is 2.80. The van der Waals surface area contributed by atoms with Crippen LogP contribution in [0.4, 0.5) is 0 Å². The van der Waals surface area contributed by atoms with E-state index in [-0.39, 0.29) is 5.88 Å². The highest BCUT2D eigenvalue weighted by molar-refractivity contribution is 6.31. The summed E-state index contributed by atoms with van der Waals surface area (Å²) >= 11 is 11.8. The second-order valence-electron chi connectivity index (χ2n) is 3.41. The Morgan fingerprint density at radius 1 is 1.41 bits per heavy atom. The molecule has 1 heterocycles. The van der Waals surface area contributed by atoms with Crippen LogP contribution >= 0.6 is 23.2 Å². The summed E-state index contributed by atoms with van der Waals surface area (Å²) in [6.45, 7) is 1.90. The number of alkyl halides is 1. The molecule has 5 nitrogen and oxygen atoms in total. The fraction of sp³-hybridized carbons (Fsp3) is 0.300. The van der Waals surface area contributed by atoms with Crippen molar-refractivity contribution < 1.29 is 4.74 Å². The second-order valence-corrected chi connectivity index (χ2v) is 4.09. The molecule has 17 heavy (non-hydrogen) atoms. The van der Waals surface area contributed by atoms with Gasteiger partial charge in [0.15, 0.2) is 5.82 Å². The van der Waals surface area contributed by atoms with Crippen LogP contribution in [0.3, 0.4) is 0 Å². The van der Waals surface area contributed by atoms with Gasteiger partial charge in [-0.05, 0) is 29.0 Å². The number of benzene rings is 1. The Labute approximate surface area is 108 Å². The average molecular weight is 273 g/mol. The van der Waals surface area contributed by atoms with Gasteiger partial charge < -0.3 is 4.74 Å². The Morgan fingerprint density at radius 2 is 2.18 bits per heavy atom. The number of halogens is 2. The molecule has 0 spiro atoms. The third-order valence-corrected chi connectivity index (χ3v) is 2.99. The largest absolute Gasteiger partial charge is 0.494 e. The van der Waals surface area contributed by atoms with Crippen molar-refractivity contribution in [2.45, 2.75) is 12.8 Å². The Balaban J connectivity index is 2.62. The van der Waals surface area contributed by atoms with Crippen molar-refractivity contribution >= 4 is 23.2 Å². The molecule has 2 rings (SSSR count). The first-order valence-corrected chi connectivity index (χ1v) is 5.76. The number of tetrazole rings is 1. The summed E-state index contributed by atoms with van der Waals surface area (Å²) in [7, 11) is 1.56. The van der Waals surface area contributed by atoms with Gasteiger partial charge in [-0.3, -0.25) is 0 Å². The van der Waals surface area contributed by atoms with E-state index in [4.69, 9.17) is 27.9 Å². The zero-order chi connectivity index (χ0) is 12.4. The van der Waals surface area contributed by atoms with E-state index in [0.29, 0.717) is 16.6 Å². The standard InChI is InChI=1S/C10H10Cl2N4O/c1-6-3-8(9(17-2)4-7(6)12)16-10(5-11)13-14-15-16/h3-4H,5H2,1-2H3. The van der Waals surface area contributed by atoms with Gasteiger partial charge in [0, 0.05) is 11.1 Å². The second kappa shape index (κ2) is 4.89. The molecule has 90 valence electrons. The van der Waals surface area contributed by atoms with E-state index in [9.17, 15) is 0 Å². The van der Waals surface area contributed by atoms with Gasteiger partial charge in [-0.1, -0.05) is 11.6 Å². The summed E-state index contributed by atoms with van der Waals surface area (Å²) < 4.78 is 6.80. The molecule has 2 aromatic rings. The van der Waals surface area contributed by atoms with Gasteiger partial charge in [-0.15, -0.1) is 16.7 Å². The molecular weight excluding hydrogens is 263 g/mol. The number of rotatable bonds is 3. The SMILES string of the molecule is COc1cc(Cl)c(C)cc1-n1nnnc1CCl. The smallest absolute Gasteiger partial charge is 0.171 e. The van der Waals surface area contributed by atoms with Crippen LogP contribution in [0.25, 0.3) is 5.69 Å². The first kappa shape index (κ1) is 12.1. The van der Waals surface area contributed by atoms with Gasteiger partial charge in [-0.25, -0.2) is 0 Å². The molecule has 0 aliphatic heterocycles. The molecule has 0 aliphatic rings. The lowest BCUT2D eigenvalue weighted by Crippen LogP contribution is -2.04. The first-order chi connectivity index (χ1) is 8.17. The van der Waals surface area contributed by atoms with Crippen molar-refractivity contribution in [1.82, 2.24) is 20.2 Å². The van der Waals surface area contributed by atoms with Gasteiger partial charge >= 0.3 is 0 Å². The van der Waals surface area contributed by atoms with Gasteiger partial charge in [-0.2, -0.15) is 4.68 Å². The monoisotopic (exact) mass is 272 g/mol. The summed E-state index contributed by atoms with van der Waals surface area (Å²) in [5.41, 5.74) is 1.63.